The third-order valence-electron chi connectivity index (χ3n) is 6.79. The fourth-order valence-corrected chi connectivity index (χ4v) is 5.66. The first-order valence-electron chi connectivity index (χ1n) is 11.9. The van der Waals surface area contributed by atoms with E-state index in [1.165, 1.54) is 17.4 Å². The predicted molar refractivity (Wildman–Crippen MR) is 134 cm³/mol. The van der Waals surface area contributed by atoms with Gasteiger partial charge in [-0.1, -0.05) is 6.07 Å². The van der Waals surface area contributed by atoms with Crippen molar-refractivity contribution in [3.63, 3.8) is 0 Å². The number of aromatic carboxylic acids is 1. The van der Waals surface area contributed by atoms with Crippen molar-refractivity contribution >= 4 is 40.7 Å². The molecule has 2 N–H and O–H groups in total. The van der Waals surface area contributed by atoms with E-state index in [4.69, 9.17) is 4.74 Å². The van der Waals surface area contributed by atoms with Gasteiger partial charge in [0.15, 0.2) is 10.8 Å². The maximum atomic E-state index is 13.2. The standard InChI is InChI=1S/C25H27N5O5S/c1-2-35-25(34)19-11-27-21(22-26-7-9-36-22)28-20(19)14-29-8-6-18-16(12-29)13-30(23(18)31)17-5-3-4-15(10-17)24(32)33/h3-5,7,9-10,16,18H,2,6,8,11-14H2,1H3,(H,27,28)(H,32,33). The molecule has 2 aromatic rings. The SMILES string of the molecule is CCOC(=O)C1=C(CN2CCC3C(=O)N(c4cccc(C(=O)O)c4)CC3C2)NC(c2nccs2)=NC1. The Labute approximate surface area is 212 Å². The van der Waals surface area contributed by atoms with Crippen molar-refractivity contribution < 1.29 is 24.2 Å². The van der Waals surface area contributed by atoms with E-state index < -0.39 is 5.97 Å². The van der Waals surface area contributed by atoms with Gasteiger partial charge in [-0.3, -0.25) is 14.7 Å². The summed E-state index contributed by atoms with van der Waals surface area (Å²) in [5.41, 5.74) is 2.04. The first-order valence-corrected chi connectivity index (χ1v) is 12.8. The number of carbonyl (C=O) groups excluding carboxylic acids is 2. The lowest BCUT2D eigenvalue weighted by atomic mass is 9.88. The Hall–Kier alpha value is -3.57. The summed E-state index contributed by atoms with van der Waals surface area (Å²) in [6.45, 7) is 4.72. The van der Waals surface area contributed by atoms with Crippen molar-refractivity contribution in [3.05, 3.63) is 57.7 Å². The highest BCUT2D eigenvalue weighted by Crippen LogP contribution is 2.35. The molecular weight excluding hydrogens is 482 g/mol. The lowest BCUT2D eigenvalue weighted by Gasteiger charge is -2.34. The molecule has 0 spiro atoms. The van der Waals surface area contributed by atoms with Gasteiger partial charge < -0.3 is 20.1 Å². The molecule has 0 saturated carbocycles. The van der Waals surface area contributed by atoms with Gasteiger partial charge in [0, 0.05) is 54.4 Å². The Morgan fingerprint density at radius 3 is 2.92 bits per heavy atom. The fourth-order valence-electron chi connectivity index (χ4n) is 5.06. The average molecular weight is 510 g/mol. The van der Waals surface area contributed by atoms with Gasteiger partial charge in [0.1, 0.15) is 0 Å². The third kappa shape index (κ3) is 4.76. The number of amidine groups is 1. The largest absolute Gasteiger partial charge is 0.478 e. The molecule has 1 aromatic carbocycles. The maximum Gasteiger partial charge on any atom is 0.337 e. The van der Waals surface area contributed by atoms with E-state index in [2.05, 4.69) is 20.2 Å². The Morgan fingerprint density at radius 1 is 1.31 bits per heavy atom. The van der Waals surface area contributed by atoms with Crippen LogP contribution in [0.2, 0.25) is 0 Å². The summed E-state index contributed by atoms with van der Waals surface area (Å²) in [7, 11) is 0. The van der Waals surface area contributed by atoms with Crippen molar-refractivity contribution in [3.8, 4) is 0 Å². The second-order valence-electron chi connectivity index (χ2n) is 9.00. The number of likely N-dealkylation sites (tertiary alicyclic amines) is 1. The Bertz CT molecular complexity index is 1240. The molecule has 2 fully saturated rings. The summed E-state index contributed by atoms with van der Waals surface area (Å²) in [6, 6.07) is 6.52. The number of hydrogen-bond donors (Lipinski definition) is 2. The molecule has 1 aromatic heterocycles. The van der Waals surface area contributed by atoms with Crippen LogP contribution < -0.4 is 10.2 Å². The Morgan fingerprint density at radius 2 is 2.17 bits per heavy atom. The van der Waals surface area contributed by atoms with Crippen LogP contribution >= 0.6 is 11.3 Å². The number of amides is 1. The van der Waals surface area contributed by atoms with Gasteiger partial charge in [-0.05, 0) is 38.1 Å². The Kier molecular flexibility index (Phi) is 6.84. The molecule has 0 aliphatic carbocycles. The minimum atomic E-state index is -1.02. The summed E-state index contributed by atoms with van der Waals surface area (Å²) in [4.78, 5) is 50.0. The summed E-state index contributed by atoms with van der Waals surface area (Å²) < 4.78 is 5.27. The number of benzene rings is 1. The van der Waals surface area contributed by atoms with Crippen LogP contribution in [0.5, 0.6) is 0 Å². The summed E-state index contributed by atoms with van der Waals surface area (Å²) in [6.07, 6.45) is 2.42. The molecule has 1 amide bonds. The third-order valence-corrected chi connectivity index (χ3v) is 7.57. The number of carbonyl (C=O) groups is 3. The van der Waals surface area contributed by atoms with Crippen molar-refractivity contribution in [2.75, 3.05) is 44.2 Å². The van der Waals surface area contributed by atoms with E-state index in [-0.39, 0.29) is 42.4 Å². The van der Waals surface area contributed by atoms with Gasteiger partial charge in [-0.15, -0.1) is 11.3 Å². The molecule has 5 rings (SSSR count). The molecule has 2 saturated heterocycles. The molecule has 188 valence electrons. The molecule has 4 heterocycles. The number of thiazole rings is 1. The van der Waals surface area contributed by atoms with Gasteiger partial charge in [0.25, 0.3) is 0 Å². The van der Waals surface area contributed by atoms with Crippen LogP contribution in [-0.2, 0) is 14.3 Å². The number of carboxylic acids is 1. The molecule has 11 heteroatoms. The van der Waals surface area contributed by atoms with Gasteiger partial charge >= 0.3 is 11.9 Å². The number of carboxylic acid groups (broad SMARTS) is 1. The second kappa shape index (κ2) is 10.2. The molecule has 10 nitrogen and oxygen atoms in total. The number of rotatable bonds is 7. The molecule has 2 unspecified atom stereocenters. The number of esters is 1. The molecule has 2 atom stereocenters. The average Bonchev–Trinajstić information content (AvgIpc) is 3.53. The minimum Gasteiger partial charge on any atom is -0.478 e. The lowest BCUT2D eigenvalue weighted by molar-refractivity contribution is -0.138. The molecule has 3 aliphatic rings. The zero-order chi connectivity index (χ0) is 25.2. The van der Waals surface area contributed by atoms with Crippen LogP contribution in [0.3, 0.4) is 0 Å². The zero-order valence-corrected chi connectivity index (χ0v) is 20.7. The van der Waals surface area contributed by atoms with Gasteiger partial charge in [0.05, 0.1) is 24.3 Å². The predicted octanol–water partition coefficient (Wildman–Crippen LogP) is 1.99. The Balaban J connectivity index is 1.31. The van der Waals surface area contributed by atoms with E-state index >= 15 is 0 Å². The van der Waals surface area contributed by atoms with Crippen LogP contribution in [-0.4, -0.2) is 78.0 Å². The highest BCUT2D eigenvalue weighted by molar-refractivity contribution is 7.11. The van der Waals surface area contributed by atoms with Crippen molar-refractivity contribution in [2.45, 2.75) is 13.3 Å². The van der Waals surface area contributed by atoms with Gasteiger partial charge in [-0.25, -0.2) is 14.6 Å². The van der Waals surface area contributed by atoms with Crippen molar-refractivity contribution in [1.29, 1.82) is 0 Å². The summed E-state index contributed by atoms with van der Waals surface area (Å²) >= 11 is 1.47. The number of fused-ring (bicyclic) bond motifs is 1. The highest BCUT2D eigenvalue weighted by Gasteiger charge is 2.44. The first-order chi connectivity index (χ1) is 17.4. The van der Waals surface area contributed by atoms with Crippen LogP contribution in [0, 0.1) is 11.8 Å². The summed E-state index contributed by atoms with van der Waals surface area (Å²) in [5.74, 6) is -0.691. The fraction of sp³-hybridized carbons (Fsp3) is 0.400. The van der Waals surface area contributed by atoms with Crippen LogP contribution in [0.1, 0.15) is 28.7 Å². The molecular formula is C25H27N5O5S. The van der Waals surface area contributed by atoms with E-state index in [0.29, 0.717) is 49.7 Å². The smallest absolute Gasteiger partial charge is 0.337 e. The lowest BCUT2D eigenvalue weighted by Crippen LogP contribution is -2.45. The summed E-state index contributed by atoms with van der Waals surface area (Å²) in [5, 5.41) is 15.3. The topological polar surface area (TPSA) is 124 Å². The number of nitrogens with one attached hydrogen (secondary N) is 1. The first kappa shape index (κ1) is 24.1. The van der Waals surface area contributed by atoms with E-state index in [0.717, 1.165) is 10.7 Å². The number of anilines is 1. The van der Waals surface area contributed by atoms with E-state index in [1.807, 2.05) is 5.38 Å². The van der Waals surface area contributed by atoms with Crippen LogP contribution in [0.25, 0.3) is 0 Å². The minimum absolute atomic E-state index is 0.0441. The number of aromatic nitrogens is 1. The molecule has 3 aliphatic heterocycles. The van der Waals surface area contributed by atoms with Crippen molar-refractivity contribution in [1.82, 2.24) is 15.2 Å². The number of ether oxygens (including phenoxy) is 1. The zero-order valence-electron chi connectivity index (χ0n) is 19.8. The quantitative estimate of drug-likeness (QED) is 0.543. The number of aliphatic imine (C=N–C) groups is 1. The second-order valence-corrected chi connectivity index (χ2v) is 9.89. The number of nitrogens with zero attached hydrogens (tertiary/aromatic N) is 4. The number of hydrogen-bond acceptors (Lipinski definition) is 9. The molecule has 0 radical (unpaired) electrons. The maximum absolute atomic E-state index is 13.2. The van der Waals surface area contributed by atoms with E-state index in [1.54, 1.807) is 36.2 Å². The van der Waals surface area contributed by atoms with Gasteiger partial charge in [0.2, 0.25) is 5.91 Å². The van der Waals surface area contributed by atoms with Crippen LogP contribution in [0.4, 0.5) is 5.69 Å². The van der Waals surface area contributed by atoms with Gasteiger partial charge in [-0.2, -0.15) is 0 Å². The van der Waals surface area contributed by atoms with E-state index in [9.17, 15) is 19.5 Å². The molecule has 0 bridgehead atoms. The molecule has 36 heavy (non-hydrogen) atoms. The highest BCUT2D eigenvalue weighted by atomic mass is 32.1. The van der Waals surface area contributed by atoms with Crippen LogP contribution in [0.15, 0.2) is 52.1 Å². The monoisotopic (exact) mass is 509 g/mol. The normalized spacial score (nSPS) is 22.2. The number of piperidine rings is 1. The van der Waals surface area contributed by atoms with Crippen molar-refractivity contribution in [2.24, 2.45) is 16.8 Å².